The summed E-state index contributed by atoms with van der Waals surface area (Å²) in [7, 11) is -9.78. The number of hydrogen-bond donors (Lipinski definition) is 3. The molecule has 0 bridgehead atoms. The fourth-order valence-electron chi connectivity index (χ4n) is 2.89. The van der Waals surface area contributed by atoms with Crippen molar-refractivity contribution in [2.75, 3.05) is 22.5 Å². The van der Waals surface area contributed by atoms with Crippen LogP contribution in [0.5, 0.6) is 0 Å². The van der Waals surface area contributed by atoms with Crippen LogP contribution in [0.15, 0.2) is 12.1 Å². The highest BCUT2D eigenvalue weighted by molar-refractivity contribution is 8.15. The Morgan fingerprint density at radius 2 is 1.58 bits per heavy atom. The summed E-state index contributed by atoms with van der Waals surface area (Å²) in [6, 6.07) is 3.57. The summed E-state index contributed by atoms with van der Waals surface area (Å²) >= 11 is 0.889. The molecule has 2 atom stereocenters. The van der Waals surface area contributed by atoms with Gasteiger partial charge in [0.05, 0.1) is 35.3 Å². The van der Waals surface area contributed by atoms with Crippen molar-refractivity contribution in [2.24, 2.45) is 0 Å². The normalized spacial score (nSPS) is 25.1. The fraction of sp³-hybridized carbons (Fsp3) is 0.500. The zero-order valence-corrected chi connectivity index (χ0v) is 20.9. The molecule has 1 aliphatic heterocycles. The Bertz CT molecular complexity index is 928. The van der Waals surface area contributed by atoms with Crippen molar-refractivity contribution in [3.63, 3.8) is 0 Å². The number of aryl methyl sites for hydroxylation is 1. The Morgan fingerprint density at radius 3 is 2.16 bits per heavy atom. The number of carbonyl (C=O) groups is 2. The molecular weight excluding hydrogens is 488 g/mol. The maximum absolute atomic E-state index is 13.2. The molecule has 11 nitrogen and oxygen atoms in total. The topological polar surface area (TPSA) is 144 Å². The SMILES string of the molecule is CCc1ccc2c(c1CC)NSC(=O)OP(=O)(N(CC)CC)OP(=O)(O)OC(=O)SN2. The molecule has 0 spiro atoms. The molecule has 2 unspecified atom stereocenters. The van der Waals surface area contributed by atoms with Crippen molar-refractivity contribution < 1.29 is 37.0 Å². The van der Waals surface area contributed by atoms with Gasteiger partial charge in [0, 0.05) is 13.1 Å². The lowest BCUT2D eigenvalue weighted by atomic mass is 10.00. The first-order valence-electron chi connectivity index (χ1n) is 9.46. The van der Waals surface area contributed by atoms with Crippen LogP contribution in [0.4, 0.5) is 21.0 Å². The van der Waals surface area contributed by atoms with Crippen LogP contribution in [-0.2, 0) is 35.3 Å². The molecule has 3 N–H and O–H groups in total. The highest BCUT2D eigenvalue weighted by Gasteiger charge is 2.45. The molecule has 1 heterocycles. The summed E-state index contributed by atoms with van der Waals surface area (Å²) < 4.78 is 46.3. The number of fused-ring (bicyclic) bond motifs is 1. The largest absolute Gasteiger partial charge is 0.539 e. The lowest BCUT2D eigenvalue weighted by molar-refractivity contribution is 0.182. The van der Waals surface area contributed by atoms with Crippen molar-refractivity contribution in [2.45, 2.75) is 40.5 Å². The van der Waals surface area contributed by atoms with Crippen LogP contribution in [0, 0.1) is 0 Å². The predicted molar refractivity (Wildman–Crippen MR) is 122 cm³/mol. The summed E-state index contributed by atoms with van der Waals surface area (Å²) in [6.07, 6.45) is 1.36. The molecule has 1 aromatic carbocycles. The first kappa shape index (κ1) is 26.1. The molecule has 0 fully saturated rings. The number of hydrogen-bond acceptors (Lipinski definition) is 11. The minimum absolute atomic E-state index is 0.0755. The van der Waals surface area contributed by atoms with Gasteiger partial charge >= 0.3 is 26.2 Å². The number of anilines is 2. The van der Waals surface area contributed by atoms with Crippen molar-refractivity contribution in [3.8, 4) is 0 Å². The zero-order valence-electron chi connectivity index (χ0n) is 17.4. The lowest BCUT2D eigenvalue weighted by Crippen LogP contribution is -2.23. The molecule has 0 saturated heterocycles. The molecule has 0 saturated carbocycles. The third-order valence-electron chi connectivity index (χ3n) is 4.29. The minimum atomic E-state index is -5.17. The van der Waals surface area contributed by atoms with Crippen LogP contribution in [0.3, 0.4) is 0 Å². The van der Waals surface area contributed by atoms with E-state index in [0.29, 0.717) is 41.7 Å². The van der Waals surface area contributed by atoms with Crippen LogP contribution in [-0.4, -0.2) is 33.3 Å². The van der Waals surface area contributed by atoms with E-state index in [2.05, 4.69) is 14.0 Å². The summed E-state index contributed by atoms with van der Waals surface area (Å²) in [5, 5.41) is -2.25. The van der Waals surface area contributed by atoms with E-state index in [1.807, 2.05) is 19.9 Å². The third kappa shape index (κ3) is 6.64. The lowest BCUT2D eigenvalue weighted by Gasteiger charge is -2.27. The van der Waals surface area contributed by atoms with Gasteiger partial charge < -0.3 is 18.5 Å². The first-order chi connectivity index (χ1) is 14.6. The smallest absolute Gasteiger partial charge is 0.370 e. The van der Waals surface area contributed by atoms with E-state index in [1.54, 1.807) is 19.9 Å². The number of benzene rings is 1. The molecule has 1 aliphatic rings. The van der Waals surface area contributed by atoms with Gasteiger partial charge in [0.1, 0.15) is 0 Å². The average molecular weight is 513 g/mol. The van der Waals surface area contributed by atoms with Gasteiger partial charge in [-0.1, -0.05) is 33.8 Å². The molecule has 15 heteroatoms. The van der Waals surface area contributed by atoms with E-state index >= 15 is 0 Å². The summed E-state index contributed by atoms with van der Waals surface area (Å²) in [5.41, 5.74) is 2.89. The highest BCUT2D eigenvalue weighted by Crippen LogP contribution is 2.65. The van der Waals surface area contributed by atoms with Gasteiger partial charge in [-0.05, 0) is 30.0 Å². The maximum atomic E-state index is 13.2. The number of nitrogens with one attached hydrogen (secondary N) is 2. The van der Waals surface area contributed by atoms with Crippen LogP contribution >= 0.6 is 39.5 Å². The van der Waals surface area contributed by atoms with Crippen molar-refractivity contribution >= 4 is 61.4 Å². The van der Waals surface area contributed by atoms with Gasteiger partial charge in [-0.3, -0.25) is 4.89 Å². The van der Waals surface area contributed by atoms with Crippen LogP contribution in [0.25, 0.3) is 0 Å². The van der Waals surface area contributed by atoms with Crippen LogP contribution in [0.1, 0.15) is 38.8 Å². The van der Waals surface area contributed by atoms with Crippen molar-refractivity contribution in [3.05, 3.63) is 23.3 Å². The molecule has 0 aliphatic carbocycles. The van der Waals surface area contributed by atoms with E-state index in [0.717, 1.165) is 22.2 Å². The highest BCUT2D eigenvalue weighted by atomic mass is 32.2. The average Bonchev–Trinajstić information content (AvgIpc) is 2.69. The van der Waals surface area contributed by atoms with Gasteiger partial charge in [-0.25, -0.2) is 18.7 Å². The second kappa shape index (κ2) is 11.1. The van der Waals surface area contributed by atoms with E-state index in [9.17, 15) is 23.6 Å². The second-order valence-corrected chi connectivity index (χ2v) is 11.0. The predicted octanol–water partition coefficient (Wildman–Crippen LogP) is 5.79. The molecule has 31 heavy (non-hydrogen) atoms. The molecule has 0 aromatic heterocycles. The summed E-state index contributed by atoms with van der Waals surface area (Å²) in [4.78, 5) is 34.5. The standard InChI is InChI=1S/C16H25N3O8P2S2/c1-5-11-9-10-13-14(12(11)6-2)18-31-15(20)25-28(22,19(7-3)8-4)27-29(23,24)26-16(21)30-17-13/h9-10,17-18H,5-8H2,1-4H3,(H,23,24). The van der Waals surface area contributed by atoms with Gasteiger partial charge in [-0.2, -0.15) is 8.98 Å². The number of rotatable bonds is 5. The molecule has 2 rings (SSSR count). The maximum Gasteiger partial charge on any atom is 0.539 e. The Kier molecular flexibility index (Phi) is 9.32. The van der Waals surface area contributed by atoms with Gasteiger partial charge in [-0.15, -0.1) is 0 Å². The summed E-state index contributed by atoms with van der Waals surface area (Å²) in [5.74, 6) is 0. The summed E-state index contributed by atoms with van der Waals surface area (Å²) in [6.45, 7) is 7.26. The van der Waals surface area contributed by atoms with Crippen LogP contribution in [0.2, 0.25) is 0 Å². The van der Waals surface area contributed by atoms with Gasteiger partial charge in [0.15, 0.2) is 0 Å². The molecule has 0 amide bonds. The number of phosphoric ester groups is 1. The Hall–Kier alpha value is -1.20. The van der Waals surface area contributed by atoms with Crippen LogP contribution < -0.4 is 9.44 Å². The monoisotopic (exact) mass is 513 g/mol. The Labute approximate surface area is 189 Å². The van der Waals surface area contributed by atoms with E-state index in [1.165, 1.54) is 0 Å². The van der Waals surface area contributed by atoms with Crippen molar-refractivity contribution in [1.82, 2.24) is 4.67 Å². The minimum Gasteiger partial charge on any atom is -0.370 e. The van der Waals surface area contributed by atoms with Gasteiger partial charge in [0.2, 0.25) is 0 Å². The third-order valence-corrected chi connectivity index (χ3v) is 9.37. The quantitative estimate of drug-likeness (QED) is 0.323. The molecule has 0 radical (unpaired) electrons. The van der Waals surface area contributed by atoms with E-state index in [4.69, 9.17) is 8.83 Å². The van der Waals surface area contributed by atoms with E-state index < -0.39 is 26.2 Å². The fourth-order valence-corrected chi connectivity index (χ4v) is 7.44. The second-order valence-electron chi connectivity index (χ2n) is 6.08. The molecular formula is C16H25N3O8P2S2. The van der Waals surface area contributed by atoms with Crippen molar-refractivity contribution in [1.29, 1.82) is 0 Å². The molecule has 174 valence electrons. The number of phosphoric acid groups is 1. The van der Waals surface area contributed by atoms with E-state index in [-0.39, 0.29) is 13.1 Å². The number of carbonyl (C=O) groups excluding carboxylic acids is 2. The zero-order chi connectivity index (χ0) is 23.2. The Morgan fingerprint density at radius 1 is 0.968 bits per heavy atom. The van der Waals surface area contributed by atoms with Gasteiger partial charge in [0.25, 0.3) is 0 Å². The Balaban J connectivity index is 2.50. The molecule has 1 aromatic rings. The first-order valence-corrected chi connectivity index (χ1v) is 14.1. The number of nitrogens with zero attached hydrogens (tertiary/aromatic N) is 1.